The van der Waals surface area contributed by atoms with Crippen LogP contribution in [-0.2, 0) is 9.53 Å². The van der Waals surface area contributed by atoms with E-state index in [9.17, 15) is 4.79 Å². The first-order valence-corrected chi connectivity index (χ1v) is 6.68. The third-order valence-corrected chi connectivity index (χ3v) is 3.94. The predicted octanol–water partition coefficient (Wildman–Crippen LogP) is 0.516. The zero-order chi connectivity index (χ0) is 13.0. The van der Waals surface area contributed by atoms with Gasteiger partial charge in [-0.25, -0.2) is 0 Å². The molecule has 2 saturated heterocycles. The first-order valence-electron chi connectivity index (χ1n) is 6.68. The summed E-state index contributed by atoms with van der Waals surface area (Å²) in [7, 11) is 1.70. The quantitative estimate of drug-likeness (QED) is 0.791. The molecule has 0 aliphatic carbocycles. The molecule has 5 heteroatoms. The number of hydrogen-bond donors (Lipinski definition) is 1. The molecule has 0 spiro atoms. The van der Waals surface area contributed by atoms with Crippen molar-refractivity contribution in [3.8, 4) is 6.07 Å². The second-order valence-corrected chi connectivity index (χ2v) is 5.16. The van der Waals surface area contributed by atoms with Crippen LogP contribution in [0.15, 0.2) is 0 Å². The highest BCUT2D eigenvalue weighted by Gasteiger charge is 2.36. The summed E-state index contributed by atoms with van der Waals surface area (Å²) < 4.78 is 5.07. The summed E-state index contributed by atoms with van der Waals surface area (Å²) in [5.41, 5.74) is 0. The Morgan fingerprint density at radius 1 is 1.61 bits per heavy atom. The van der Waals surface area contributed by atoms with Crippen LogP contribution in [0.2, 0.25) is 0 Å². The number of rotatable bonds is 4. The number of nitrogens with zero attached hydrogens (tertiary/aromatic N) is 2. The lowest BCUT2D eigenvalue weighted by molar-refractivity contribution is -0.133. The van der Waals surface area contributed by atoms with Gasteiger partial charge >= 0.3 is 0 Å². The number of amides is 1. The van der Waals surface area contributed by atoms with E-state index in [1.54, 1.807) is 12.0 Å². The van der Waals surface area contributed by atoms with Crippen molar-refractivity contribution in [2.45, 2.75) is 37.8 Å². The molecule has 0 bridgehead atoms. The second-order valence-electron chi connectivity index (χ2n) is 5.16. The monoisotopic (exact) mass is 251 g/mol. The maximum Gasteiger partial charge on any atom is 0.240 e. The third kappa shape index (κ3) is 2.82. The van der Waals surface area contributed by atoms with Crippen molar-refractivity contribution in [2.24, 2.45) is 5.92 Å². The summed E-state index contributed by atoms with van der Waals surface area (Å²) in [4.78, 5) is 14.1. The fourth-order valence-corrected chi connectivity index (χ4v) is 2.87. The Morgan fingerprint density at radius 2 is 2.44 bits per heavy atom. The topological polar surface area (TPSA) is 65.4 Å². The Kier molecular flexibility index (Phi) is 4.56. The molecule has 18 heavy (non-hydrogen) atoms. The second kappa shape index (κ2) is 6.17. The number of methoxy groups -OCH3 is 1. The number of hydrogen-bond acceptors (Lipinski definition) is 4. The van der Waals surface area contributed by atoms with Gasteiger partial charge < -0.3 is 15.0 Å². The summed E-state index contributed by atoms with van der Waals surface area (Å²) in [5.74, 6) is 0.626. The van der Waals surface area contributed by atoms with Crippen LogP contribution in [0, 0.1) is 17.2 Å². The molecule has 0 saturated carbocycles. The lowest BCUT2D eigenvalue weighted by Gasteiger charge is -2.23. The Morgan fingerprint density at radius 3 is 3.17 bits per heavy atom. The van der Waals surface area contributed by atoms with E-state index in [4.69, 9.17) is 10.00 Å². The molecule has 0 aromatic heterocycles. The molecule has 2 aliphatic rings. The van der Waals surface area contributed by atoms with Crippen LogP contribution in [0.3, 0.4) is 0 Å². The molecule has 100 valence electrons. The van der Waals surface area contributed by atoms with Crippen LogP contribution in [0.5, 0.6) is 0 Å². The summed E-state index contributed by atoms with van der Waals surface area (Å²) in [6.07, 6.45) is 3.64. The molecule has 2 fully saturated rings. The SMILES string of the molecule is COCC[C@@H]1CN[C@H](C(=O)N2CCC[C@H]2C#N)C1. The smallest absolute Gasteiger partial charge is 0.240 e. The summed E-state index contributed by atoms with van der Waals surface area (Å²) in [5, 5.41) is 12.3. The van der Waals surface area contributed by atoms with Gasteiger partial charge in [-0.1, -0.05) is 0 Å². The average Bonchev–Trinajstić information content (AvgIpc) is 3.04. The molecule has 0 unspecified atom stereocenters. The number of nitriles is 1. The number of nitrogens with one attached hydrogen (secondary N) is 1. The van der Waals surface area contributed by atoms with Crippen molar-refractivity contribution in [2.75, 3.05) is 26.8 Å². The van der Waals surface area contributed by atoms with Gasteiger partial charge in [-0.2, -0.15) is 5.26 Å². The first-order chi connectivity index (χ1) is 8.76. The molecular formula is C13H21N3O2. The van der Waals surface area contributed by atoms with Crippen LogP contribution in [0.1, 0.15) is 25.7 Å². The van der Waals surface area contributed by atoms with Crippen molar-refractivity contribution in [1.82, 2.24) is 10.2 Å². The molecule has 0 radical (unpaired) electrons. The lowest BCUT2D eigenvalue weighted by Crippen LogP contribution is -2.45. The van der Waals surface area contributed by atoms with E-state index in [0.717, 1.165) is 45.4 Å². The van der Waals surface area contributed by atoms with Crippen LogP contribution >= 0.6 is 0 Å². The van der Waals surface area contributed by atoms with E-state index in [1.807, 2.05) is 0 Å². The molecule has 1 amide bonds. The number of ether oxygens (including phenoxy) is 1. The molecule has 1 N–H and O–H groups in total. The van der Waals surface area contributed by atoms with Gasteiger partial charge in [-0.15, -0.1) is 0 Å². The van der Waals surface area contributed by atoms with Crippen molar-refractivity contribution in [3.05, 3.63) is 0 Å². The molecular weight excluding hydrogens is 230 g/mol. The Hall–Kier alpha value is -1.12. The minimum absolute atomic E-state index is 0.0965. The largest absolute Gasteiger partial charge is 0.385 e. The number of carbonyl (C=O) groups excluding carboxylic acids is 1. The maximum absolute atomic E-state index is 12.3. The van der Waals surface area contributed by atoms with Crippen LogP contribution in [-0.4, -0.2) is 49.7 Å². The van der Waals surface area contributed by atoms with Gasteiger partial charge in [-0.05, 0) is 38.1 Å². The molecule has 5 nitrogen and oxygen atoms in total. The highest BCUT2D eigenvalue weighted by atomic mass is 16.5. The van der Waals surface area contributed by atoms with Gasteiger partial charge in [0.1, 0.15) is 6.04 Å². The van der Waals surface area contributed by atoms with Crippen molar-refractivity contribution in [1.29, 1.82) is 5.26 Å². The van der Waals surface area contributed by atoms with E-state index in [-0.39, 0.29) is 18.0 Å². The molecule has 2 rings (SSSR count). The standard InChI is InChI=1S/C13H21N3O2/c1-18-6-4-10-7-12(15-9-10)13(17)16-5-2-3-11(16)8-14/h10-12,15H,2-7,9H2,1H3/t10-,11-,12-/m0/s1. The maximum atomic E-state index is 12.3. The Bertz CT molecular complexity index is 340. The van der Waals surface area contributed by atoms with Gasteiger partial charge in [-0.3, -0.25) is 4.79 Å². The van der Waals surface area contributed by atoms with Crippen molar-refractivity contribution >= 4 is 5.91 Å². The highest BCUT2D eigenvalue weighted by molar-refractivity contribution is 5.83. The molecule has 2 aliphatic heterocycles. The average molecular weight is 251 g/mol. The van der Waals surface area contributed by atoms with Gasteiger partial charge in [0, 0.05) is 20.3 Å². The minimum atomic E-state index is -0.211. The number of carbonyl (C=O) groups is 1. The van der Waals surface area contributed by atoms with E-state index >= 15 is 0 Å². The van der Waals surface area contributed by atoms with Crippen LogP contribution < -0.4 is 5.32 Å². The fourth-order valence-electron chi connectivity index (χ4n) is 2.87. The predicted molar refractivity (Wildman–Crippen MR) is 66.7 cm³/mol. The van der Waals surface area contributed by atoms with E-state index in [2.05, 4.69) is 11.4 Å². The fraction of sp³-hybridized carbons (Fsp3) is 0.846. The van der Waals surface area contributed by atoms with E-state index in [0.29, 0.717) is 5.92 Å². The van der Waals surface area contributed by atoms with Gasteiger partial charge in [0.05, 0.1) is 12.1 Å². The zero-order valence-corrected chi connectivity index (χ0v) is 10.9. The summed E-state index contributed by atoms with van der Waals surface area (Å²) in [6, 6.07) is 1.91. The van der Waals surface area contributed by atoms with Crippen molar-refractivity contribution < 1.29 is 9.53 Å². The minimum Gasteiger partial charge on any atom is -0.385 e. The van der Waals surface area contributed by atoms with E-state index < -0.39 is 0 Å². The third-order valence-electron chi connectivity index (χ3n) is 3.94. The zero-order valence-electron chi connectivity index (χ0n) is 10.9. The first kappa shape index (κ1) is 13.3. The normalized spacial score (nSPS) is 31.6. The molecule has 0 aromatic rings. The van der Waals surface area contributed by atoms with E-state index in [1.165, 1.54) is 0 Å². The molecule has 2 heterocycles. The van der Waals surface area contributed by atoms with Gasteiger partial charge in [0.25, 0.3) is 0 Å². The van der Waals surface area contributed by atoms with Gasteiger partial charge in [0.15, 0.2) is 0 Å². The Labute approximate surface area is 108 Å². The summed E-state index contributed by atoms with van der Waals surface area (Å²) in [6.45, 7) is 2.36. The summed E-state index contributed by atoms with van der Waals surface area (Å²) >= 11 is 0. The number of likely N-dealkylation sites (tertiary alicyclic amines) is 1. The van der Waals surface area contributed by atoms with Gasteiger partial charge in [0.2, 0.25) is 5.91 Å². The highest BCUT2D eigenvalue weighted by Crippen LogP contribution is 2.23. The Balaban J connectivity index is 1.85. The van der Waals surface area contributed by atoms with Crippen LogP contribution in [0.25, 0.3) is 0 Å². The molecule has 0 aromatic carbocycles. The lowest BCUT2D eigenvalue weighted by atomic mass is 10.0. The molecule has 3 atom stereocenters. The van der Waals surface area contributed by atoms with Crippen molar-refractivity contribution in [3.63, 3.8) is 0 Å². The van der Waals surface area contributed by atoms with Crippen LogP contribution in [0.4, 0.5) is 0 Å².